The lowest BCUT2D eigenvalue weighted by molar-refractivity contribution is 0.0524. The van der Waals surface area contributed by atoms with E-state index in [2.05, 4.69) is 4.90 Å². The Morgan fingerprint density at radius 3 is 2.80 bits per heavy atom. The number of hydrogen-bond acceptors (Lipinski definition) is 5. The monoisotopic (exact) mass is 413 g/mol. The van der Waals surface area contributed by atoms with Crippen LogP contribution in [0.1, 0.15) is 61.0 Å². The van der Waals surface area contributed by atoms with Crippen molar-refractivity contribution in [3.63, 3.8) is 0 Å². The van der Waals surface area contributed by atoms with Crippen molar-refractivity contribution in [1.29, 1.82) is 0 Å². The number of ether oxygens (including phenoxy) is 1. The van der Waals surface area contributed by atoms with E-state index in [0.717, 1.165) is 56.1 Å². The maximum absolute atomic E-state index is 15.5. The van der Waals surface area contributed by atoms with Crippen molar-refractivity contribution < 1.29 is 13.9 Å². The number of pyridine rings is 1. The summed E-state index contributed by atoms with van der Waals surface area (Å²) >= 11 is 0. The van der Waals surface area contributed by atoms with E-state index in [1.54, 1.807) is 13.1 Å². The number of carbonyl (C=O) groups is 1. The first-order valence-corrected chi connectivity index (χ1v) is 11.1. The number of aryl methyl sites for hydroxylation is 1. The van der Waals surface area contributed by atoms with Gasteiger partial charge < -0.3 is 19.9 Å². The van der Waals surface area contributed by atoms with E-state index in [4.69, 9.17) is 10.5 Å². The van der Waals surface area contributed by atoms with E-state index in [9.17, 15) is 9.59 Å². The van der Waals surface area contributed by atoms with Gasteiger partial charge in [0.2, 0.25) is 5.43 Å². The first kappa shape index (κ1) is 19.5. The van der Waals surface area contributed by atoms with Crippen LogP contribution in [0.25, 0.3) is 10.9 Å². The lowest BCUT2D eigenvalue weighted by Crippen LogP contribution is -2.35. The molecule has 1 aliphatic carbocycles. The normalized spacial score (nSPS) is 23.2. The molecule has 3 aliphatic rings. The van der Waals surface area contributed by atoms with Crippen LogP contribution >= 0.6 is 0 Å². The Hall–Kier alpha value is -2.41. The largest absolute Gasteiger partial charge is 0.462 e. The second-order valence-electron chi connectivity index (χ2n) is 8.75. The number of rotatable bonds is 4. The molecule has 2 atom stereocenters. The minimum absolute atomic E-state index is 0.00790. The van der Waals surface area contributed by atoms with Crippen LogP contribution in [0.3, 0.4) is 0 Å². The fourth-order valence-electron chi connectivity index (χ4n) is 5.45. The Labute approximate surface area is 174 Å². The molecule has 2 fully saturated rings. The second-order valence-corrected chi connectivity index (χ2v) is 8.75. The molecule has 1 saturated heterocycles. The van der Waals surface area contributed by atoms with Crippen molar-refractivity contribution in [3.8, 4) is 0 Å². The number of esters is 1. The van der Waals surface area contributed by atoms with Gasteiger partial charge in [-0.1, -0.05) is 0 Å². The van der Waals surface area contributed by atoms with Crippen molar-refractivity contribution in [1.82, 2.24) is 4.57 Å². The van der Waals surface area contributed by atoms with Crippen LogP contribution < -0.4 is 16.1 Å². The third-order valence-corrected chi connectivity index (χ3v) is 6.98. The van der Waals surface area contributed by atoms with Crippen LogP contribution in [-0.4, -0.2) is 36.3 Å². The van der Waals surface area contributed by atoms with E-state index in [1.165, 1.54) is 6.07 Å². The lowest BCUT2D eigenvalue weighted by Gasteiger charge is -2.30. The van der Waals surface area contributed by atoms with Gasteiger partial charge in [-0.3, -0.25) is 4.79 Å². The number of halogens is 1. The van der Waals surface area contributed by atoms with Crippen LogP contribution in [0.2, 0.25) is 0 Å². The Kier molecular flexibility index (Phi) is 4.81. The molecule has 1 aromatic heterocycles. The van der Waals surface area contributed by atoms with Gasteiger partial charge in [-0.15, -0.1) is 0 Å². The van der Waals surface area contributed by atoms with Crippen LogP contribution in [-0.2, 0) is 11.2 Å². The van der Waals surface area contributed by atoms with Gasteiger partial charge in [-0.25, -0.2) is 9.18 Å². The molecule has 160 valence electrons. The summed E-state index contributed by atoms with van der Waals surface area (Å²) < 4.78 is 22.7. The molecule has 30 heavy (non-hydrogen) atoms. The average Bonchev–Trinajstić information content (AvgIpc) is 3.52. The zero-order valence-corrected chi connectivity index (χ0v) is 17.3. The van der Waals surface area contributed by atoms with E-state index in [1.807, 2.05) is 4.57 Å². The highest BCUT2D eigenvalue weighted by Crippen LogP contribution is 2.44. The van der Waals surface area contributed by atoms with Crippen molar-refractivity contribution in [3.05, 3.63) is 39.4 Å². The van der Waals surface area contributed by atoms with Crippen molar-refractivity contribution in [2.45, 2.75) is 57.5 Å². The average molecular weight is 413 g/mol. The van der Waals surface area contributed by atoms with E-state index < -0.39 is 11.4 Å². The van der Waals surface area contributed by atoms with Crippen molar-refractivity contribution in [2.75, 3.05) is 24.6 Å². The van der Waals surface area contributed by atoms with Gasteiger partial charge in [0.15, 0.2) is 0 Å². The fourth-order valence-corrected chi connectivity index (χ4v) is 5.45. The van der Waals surface area contributed by atoms with Crippen LogP contribution in [0.5, 0.6) is 0 Å². The summed E-state index contributed by atoms with van der Waals surface area (Å²) in [6.07, 6.45) is 7.23. The molecule has 2 N–H and O–H groups in total. The van der Waals surface area contributed by atoms with Gasteiger partial charge >= 0.3 is 5.97 Å². The predicted molar refractivity (Wildman–Crippen MR) is 114 cm³/mol. The van der Waals surface area contributed by atoms with Crippen molar-refractivity contribution in [2.24, 2.45) is 11.7 Å². The first-order valence-electron chi connectivity index (χ1n) is 11.1. The molecule has 0 bridgehead atoms. The van der Waals surface area contributed by atoms with E-state index >= 15 is 4.39 Å². The standard InChI is InChI=1S/C23H28FN3O3/c1-2-30-23(29)17-12-27(14-6-7-14)20-15-4-3-5-19-13(11-25)8-9-26(19)21(15)18(24)10-16(20)22(17)28/h10,12-14,19H,2-9,11,25H2,1H3/t13-,19-/m0/s1. The first-order chi connectivity index (χ1) is 14.5. The molecule has 3 heterocycles. The van der Waals surface area contributed by atoms with E-state index in [-0.39, 0.29) is 35.5 Å². The van der Waals surface area contributed by atoms with Gasteiger partial charge in [0.05, 0.1) is 17.8 Å². The molecule has 0 amide bonds. The number of carbonyl (C=O) groups excluding carboxylic acids is 1. The molecule has 1 saturated carbocycles. The Balaban J connectivity index is 1.77. The topological polar surface area (TPSA) is 77.6 Å². The van der Waals surface area contributed by atoms with Gasteiger partial charge in [0.1, 0.15) is 11.4 Å². The number of benzene rings is 1. The molecule has 5 rings (SSSR count). The van der Waals surface area contributed by atoms with Crippen molar-refractivity contribution >= 4 is 22.6 Å². The second kappa shape index (κ2) is 7.38. The molecule has 0 radical (unpaired) electrons. The highest BCUT2D eigenvalue weighted by Gasteiger charge is 2.39. The summed E-state index contributed by atoms with van der Waals surface area (Å²) in [6, 6.07) is 1.84. The van der Waals surface area contributed by atoms with Gasteiger partial charge in [0.25, 0.3) is 0 Å². The molecular formula is C23H28FN3O3. The summed E-state index contributed by atoms with van der Waals surface area (Å²) in [4.78, 5) is 27.8. The van der Waals surface area contributed by atoms with Crippen LogP contribution in [0.4, 0.5) is 10.1 Å². The number of aromatic nitrogens is 1. The fraction of sp³-hybridized carbons (Fsp3) is 0.565. The maximum Gasteiger partial charge on any atom is 0.343 e. The minimum atomic E-state index is -0.639. The summed E-state index contributed by atoms with van der Waals surface area (Å²) in [5.41, 5.74) is 7.88. The Morgan fingerprint density at radius 1 is 1.30 bits per heavy atom. The predicted octanol–water partition coefficient (Wildman–Crippen LogP) is 3.14. The molecule has 7 heteroatoms. The zero-order chi connectivity index (χ0) is 21.0. The summed E-state index contributed by atoms with van der Waals surface area (Å²) in [5.74, 6) is -0.634. The summed E-state index contributed by atoms with van der Waals surface area (Å²) in [6.45, 7) is 3.30. The highest BCUT2D eigenvalue weighted by atomic mass is 19.1. The van der Waals surface area contributed by atoms with Gasteiger partial charge in [0, 0.05) is 35.8 Å². The quantitative estimate of drug-likeness (QED) is 0.780. The molecule has 6 nitrogen and oxygen atoms in total. The Morgan fingerprint density at radius 2 is 2.10 bits per heavy atom. The lowest BCUT2D eigenvalue weighted by atomic mass is 9.96. The summed E-state index contributed by atoms with van der Waals surface area (Å²) in [7, 11) is 0. The summed E-state index contributed by atoms with van der Waals surface area (Å²) in [5, 5.41) is 0.289. The van der Waals surface area contributed by atoms with Crippen LogP contribution in [0, 0.1) is 11.7 Å². The van der Waals surface area contributed by atoms with Gasteiger partial charge in [-0.05, 0) is 64.0 Å². The molecule has 2 aliphatic heterocycles. The number of fused-ring (bicyclic) bond motifs is 5. The molecule has 2 aromatic rings. The number of nitrogens with two attached hydrogens (primary N) is 1. The molecular weight excluding hydrogens is 385 g/mol. The number of hydrogen-bond donors (Lipinski definition) is 1. The highest BCUT2D eigenvalue weighted by molar-refractivity contribution is 5.96. The Bertz CT molecular complexity index is 1080. The van der Waals surface area contributed by atoms with Gasteiger partial charge in [-0.2, -0.15) is 0 Å². The number of nitrogens with zero attached hydrogens (tertiary/aromatic N) is 2. The maximum atomic E-state index is 15.5. The van der Waals surface area contributed by atoms with E-state index in [0.29, 0.717) is 18.2 Å². The third kappa shape index (κ3) is 2.94. The smallest absolute Gasteiger partial charge is 0.343 e. The SMILES string of the molecule is CCOC(=O)c1cn(C2CC2)c2c3c(c(F)cc2c1=O)N1CC[C@@H](CN)[C@@H]1CCC3. The minimum Gasteiger partial charge on any atom is -0.462 e. The molecule has 1 aromatic carbocycles. The molecule has 0 unspecified atom stereocenters. The zero-order valence-electron chi connectivity index (χ0n) is 17.3. The third-order valence-electron chi connectivity index (χ3n) is 6.98. The molecule has 0 spiro atoms. The van der Waals surface area contributed by atoms with Crippen LogP contribution in [0.15, 0.2) is 17.1 Å². The number of anilines is 1.